The lowest BCUT2D eigenvalue weighted by Gasteiger charge is -2.14. The van der Waals surface area contributed by atoms with Crippen LogP contribution in [0.2, 0.25) is 0 Å². The van der Waals surface area contributed by atoms with E-state index in [1.807, 2.05) is 0 Å². The smallest absolute Gasteiger partial charge is 0.371 e. The zero-order valence-corrected chi connectivity index (χ0v) is 6.02. The van der Waals surface area contributed by atoms with Crippen LogP contribution in [-0.2, 0) is 4.89 Å². The first kappa shape index (κ1) is 6.84. The van der Waals surface area contributed by atoms with Gasteiger partial charge in [0.05, 0.1) is 5.56 Å². The lowest BCUT2D eigenvalue weighted by atomic mass is 10.1. The highest BCUT2D eigenvalue weighted by Gasteiger charge is 2.20. The van der Waals surface area contributed by atoms with Crippen molar-refractivity contribution in [1.82, 2.24) is 0 Å². The van der Waals surface area contributed by atoms with E-state index in [0.717, 1.165) is 0 Å². The Morgan fingerprint density at radius 3 is 2.58 bits per heavy atom. The molecule has 0 spiro atoms. The summed E-state index contributed by atoms with van der Waals surface area (Å²) in [5, 5.41) is 18.2. The van der Waals surface area contributed by atoms with Gasteiger partial charge in [-0.2, -0.15) is 0 Å². The van der Waals surface area contributed by atoms with Gasteiger partial charge in [0.1, 0.15) is 0 Å². The maximum atomic E-state index is 9.25. The van der Waals surface area contributed by atoms with Gasteiger partial charge < -0.3 is 10.2 Å². The summed E-state index contributed by atoms with van der Waals surface area (Å²) >= 11 is 0. The quantitative estimate of drug-likeness (QED) is 0.576. The topological polar surface area (TPSA) is 58.9 Å². The molecule has 2 N–H and O–H groups in total. The molecule has 0 radical (unpaired) electrons. The molecule has 0 unspecified atom stereocenters. The van der Waals surface area contributed by atoms with Crippen LogP contribution >= 0.6 is 0 Å². The van der Waals surface area contributed by atoms with Gasteiger partial charge in [-0.15, -0.1) is 0 Å². The van der Waals surface area contributed by atoms with E-state index in [0.29, 0.717) is 11.3 Å². The van der Waals surface area contributed by atoms with Gasteiger partial charge in [-0.3, -0.25) is 4.89 Å². The molecule has 0 aliphatic carbocycles. The molecular formula is C8H6O4. The summed E-state index contributed by atoms with van der Waals surface area (Å²) in [5.41, 5.74) is 0.418. The molecule has 0 bridgehead atoms. The van der Waals surface area contributed by atoms with Crippen LogP contribution in [-0.4, -0.2) is 10.2 Å². The summed E-state index contributed by atoms with van der Waals surface area (Å²) < 4.78 is 0. The number of para-hydroxylation sites is 1. The first-order valence-electron chi connectivity index (χ1n) is 3.35. The largest absolute Gasteiger partial charge is 0.501 e. The minimum atomic E-state index is -0.617. The summed E-state index contributed by atoms with van der Waals surface area (Å²) in [7, 11) is 0. The molecule has 1 heterocycles. The molecule has 0 atom stereocenters. The Balaban J connectivity index is 2.59. The van der Waals surface area contributed by atoms with Crippen LogP contribution < -0.4 is 4.89 Å². The maximum absolute atomic E-state index is 9.25. The fourth-order valence-electron chi connectivity index (χ4n) is 0.974. The van der Waals surface area contributed by atoms with Gasteiger partial charge in [0, 0.05) is 0 Å². The molecule has 0 aromatic heterocycles. The van der Waals surface area contributed by atoms with Gasteiger partial charge >= 0.3 is 5.95 Å². The van der Waals surface area contributed by atoms with Crippen molar-refractivity contribution in [2.75, 3.05) is 0 Å². The average molecular weight is 166 g/mol. The van der Waals surface area contributed by atoms with Crippen molar-refractivity contribution in [2.24, 2.45) is 0 Å². The van der Waals surface area contributed by atoms with Gasteiger partial charge in [0.25, 0.3) is 0 Å². The minimum absolute atomic E-state index is 0.308. The van der Waals surface area contributed by atoms with Crippen LogP contribution in [0.1, 0.15) is 5.56 Å². The van der Waals surface area contributed by atoms with E-state index in [9.17, 15) is 5.11 Å². The average Bonchev–Trinajstić information content (AvgIpc) is 2.12. The summed E-state index contributed by atoms with van der Waals surface area (Å²) in [4.78, 5) is 8.94. The summed E-state index contributed by atoms with van der Waals surface area (Å²) in [5.74, 6) is -0.543. The number of benzene rings is 1. The molecule has 4 nitrogen and oxygen atoms in total. The molecule has 2 rings (SSSR count). The molecule has 0 saturated carbocycles. The van der Waals surface area contributed by atoms with Gasteiger partial charge in [-0.1, -0.05) is 12.1 Å². The summed E-state index contributed by atoms with van der Waals surface area (Å²) in [6.07, 6.45) is 0. The number of hydrogen-bond donors (Lipinski definition) is 2. The summed E-state index contributed by atoms with van der Waals surface area (Å²) in [6.45, 7) is 0. The van der Waals surface area contributed by atoms with E-state index in [2.05, 4.69) is 9.78 Å². The van der Waals surface area contributed by atoms with E-state index in [1.54, 1.807) is 24.3 Å². The lowest BCUT2D eigenvalue weighted by Crippen LogP contribution is -2.07. The van der Waals surface area contributed by atoms with Gasteiger partial charge in [0.15, 0.2) is 5.75 Å². The highest BCUT2D eigenvalue weighted by Crippen LogP contribution is 2.30. The molecule has 0 amide bonds. The number of rotatable bonds is 0. The second kappa shape index (κ2) is 2.34. The Hall–Kier alpha value is -1.84. The zero-order valence-electron chi connectivity index (χ0n) is 6.02. The molecule has 12 heavy (non-hydrogen) atoms. The molecule has 4 heteroatoms. The van der Waals surface area contributed by atoms with Crippen molar-refractivity contribution in [3.8, 4) is 5.75 Å². The zero-order chi connectivity index (χ0) is 8.55. The molecule has 62 valence electrons. The second-order valence-corrected chi connectivity index (χ2v) is 2.32. The first-order valence-corrected chi connectivity index (χ1v) is 3.35. The third kappa shape index (κ3) is 0.852. The Morgan fingerprint density at radius 2 is 1.75 bits per heavy atom. The minimum Gasteiger partial charge on any atom is -0.501 e. The van der Waals surface area contributed by atoms with Crippen LogP contribution in [0.15, 0.2) is 30.2 Å². The molecular weight excluding hydrogens is 160 g/mol. The number of hydrogen-bond acceptors (Lipinski definition) is 4. The molecule has 1 aliphatic heterocycles. The number of aliphatic hydroxyl groups excluding tert-OH is 2. The van der Waals surface area contributed by atoms with Gasteiger partial charge in [-0.05, 0) is 12.1 Å². The molecule has 1 aromatic rings. The van der Waals surface area contributed by atoms with E-state index in [4.69, 9.17) is 5.11 Å². The Morgan fingerprint density at radius 1 is 1.00 bits per heavy atom. The van der Waals surface area contributed by atoms with Crippen molar-refractivity contribution < 1.29 is 20.0 Å². The van der Waals surface area contributed by atoms with E-state index < -0.39 is 5.95 Å². The Kier molecular flexibility index (Phi) is 1.33. The Bertz CT molecular complexity index is 343. The van der Waals surface area contributed by atoms with Crippen LogP contribution in [0.4, 0.5) is 0 Å². The van der Waals surface area contributed by atoms with Crippen molar-refractivity contribution in [1.29, 1.82) is 0 Å². The Labute approximate surface area is 68.2 Å². The van der Waals surface area contributed by atoms with E-state index >= 15 is 0 Å². The predicted molar refractivity (Wildman–Crippen MR) is 40.3 cm³/mol. The van der Waals surface area contributed by atoms with Crippen molar-refractivity contribution >= 4 is 5.76 Å². The molecule has 0 saturated heterocycles. The van der Waals surface area contributed by atoms with Crippen LogP contribution in [0.3, 0.4) is 0 Å². The van der Waals surface area contributed by atoms with Crippen LogP contribution in [0.25, 0.3) is 5.76 Å². The second-order valence-electron chi connectivity index (χ2n) is 2.32. The number of fused-ring (bicyclic) bond motifs is 1. The normalized spacial score (nSPS) is 14.7. The standard InChI is InChI=1S/C8H6O4/c9-7-5-3-1-2-4-6(5)11-12-8(7)10/h1-4,9-10H. The summed E-state index contributed by atoms with van der Waals surface area (Å²) in [6, 6.07) is 6.69. The molecule has 1 aliphatic rings. The van der Waals surface area contributed by atoms with Gasteiger partial charge in [0.2, 0.25) is 5.76 Å². The lowest BCUT2D eigenvalue weighted by molar-refractivity contribution is -0.206. The van der Waals surface area contributed by atoms with E-state index in [1.165, 1.54) is 0 Å². The molecule has 1 aromatic carbocycles. The maximum Gasteiger partial charge on any atom is 0.371 e. The fourth-order valence-corrected chi connectivity index (χ4v) is 0.974. The van der Waals surface area contributed by atoms with Crippen molar-refractivity contribution in [3.05, 3.63) is 35.8 Å². The van der Waals surface area contributed by atoms with Crippen LogP contribution in [0.5, 0.6) is 5.75 Å². The monoisotopic (exact) mass is 166 g/mol. The highest BCUT2D eigenvalue weighted by molar-refractivity contribution is 5.65. The van der Waals surface area contributed by atoms with Crippen molar-refractivity contribution in [3.63, 3.8) is 0 Å². The predicted octanol–water partition coefficient (Wildman–Crippen LogP) is 1.75. The van der Waals surface area contributed by atoms with E-state index in [-0.39, 0.29) is 5.76 Å². The molecule has 0 fully saturated rings. The SMILES string of the molecule is OC1=C(O)c2ccccc2OO1. The van der Waals surface area contributed by atoms with Gasteiger partial charge in [-0.25, -0.2) is 4.89 Å². The first-order chi connectivity index (χ1) is 5.79. The highest BCUT2D eigenvalue weighted by atomic mass is 17.2. The third-order valence-electron chi connectivity index (χ3n) is 1.56. The van der Waals surface area contributed by atoms with Crippen molar-refractivity contribution in [2.45, 2.75) is 0 Å². The number of aliphatic hydroxyl groups is 2. The van der Waals surface area contributed by atoms with Crippen LogP contribution in [0, 0.1) is 0 Å². The fraction of sp³-hybridized carbons (Fsp3) is 0. The third-order valence-corrected chi connectivity index (χ3v) is 1.56.